The Labute approximate surface area is 128 Å². The topological polar surface area (TPSA) is 71.7 Å². The normalized spacial score (nSPS) is 23.5. The van der Waals surface area contributed by atoms with Gasteiger partial charge in [0.2, 0.25) is 0 Å². The highest BCUT2D eigenvalue weighted by molar-refractivity contribution is 6.33. The molecule has 6 nitrogen and oxygen atoms in total. The van der Waals surface area contributed by atoms with Crippen molar-refractivity contribution in [2.45, 2.75) is 12.5 Å². The van der Waals surface area contributed by atoms with Crippen LogP contribution in [-0.4, -0.2) is 66.1 Å². The minimum absolute atomic E-state index is 0.0649. The van der Waals surface area contributed by atoms with E-state index in [1.807, 2.05) is 4.90 Å². The molecule has 0 aromatic carbocycles. The second kappa shape index (κ2) is 6.17. The van der Waals surface area contributed by atoms with Crippen molar-refractivity contribution in [1.82, 2.24) is 14.8 Å². The Balaban J connectivity index is 1.67. The molecule has 1 amide bonds. The maximum atomic E-state index is 12.6. The van der Waals surface area contributed by atoms with Crippen LogP contribution in [0, 0.1) is 0 Å². The quantitative estimate of drug-likeness (QED) is 0.877. The molecule has 2 fully saturated rings. The van der Waals surface area contributed by atoms with Gasteiger partial charge in [0.1, 0.15) is 5.82 Å². The van der Waals surface area contributed by atoms with Gasteiger partial charge in [0, 0.05) is 38.4 Å². The molecule has 2 aliphatic rings. The van der Waals surface area contributed by atoms with Gasteiger partial charge in [0.15, 0.2) is 0 Å². The van der Waals surface area contributed by atoms with E-state index < -0.39 is 0 Å². The largest absolute Gasteiger partial charge is 0.384 e. The number of hydrogen-bond donors (Lipinski definition) is 1. The number of nitrogens with zero attached hydrogens (tertiary/aromatic N) is 3. The average Bonchev–Trinajstić information content (AvgIpc) is 3.00. The molecule has 3 rings (SSSR count). The minimum atomic E-state index is -0.0649. The number of ether oxygens (including phenoxy) is 1. The SMILES string of the molecule is Nc1cc(C(=O)N2CCC(N3CCOCC3)C2)c(Cl)cn1. The summed E-state index contributed by atoms with van der Waals surface area (Å²) in [4.78, 5) is 20.7. The van der Waals surface area contributed by atoms with E-state index in [1.54, 1.807) is 6.07 Å². The highest BCUT2D eigenvalue weighted by Gasteiger charge is 2.32. The second-order valence-electron chi connectivity index (χ2n) is 5.43. The summed E-state index contributed by atoms with van der Waals surface area (Å²) in [6.45, 7) is 4.91. The molecule has 7 heteroatoms. The standard InChI is InChI=1S/C14H19ClN4O2/c15-12-8-17-13(16)7-11(12)14(20)19-2-1-10(9-19)18-3-5-21-6-4-18/h7-8,10H,1-6,9H2,(H2,16,17). The lowest BCUT2D eigenvalue weighted by molar-refractivity contribution is 0.0185. The van der Waals surface area contributed by atoms with Crippen molar-refractivity contribution in [3.63, 3.8) is 0 Å². The van der Waals surface area contributed by atoms with Gasteiger partial charge in [-0.3, -0.25) is 9.69 Å². The number of carbonyl (C=O) groups is 1. The lowest BCUT2D eigenvalue weighted by atomic mass is 10.2. The maximum absolute atomic E-state index is 12.6. The molecule has 3 heterocycles. The Hall–Kier alpha value is -1.37. The van der Waals surface area contributed by atoms with Gasteiger partial charge in [0.05, 0.1) is 23.8 Å². The predicted molar refractivity (Wildman–Crippen MR) is 80.4 cm³/mol. The second-order valence-corrected chi connectivity index (χ2v) is 5.84. The third kappa shape index (κ3) is 3.12. The molecule has 1 unspecified atom stereocenters. The summed E-state index contributed by atoms with van der Waals surface area (Å²) >= 11 is 6.06. The maximum Gasteiger partial charge on any atom is 0.255 e. The van der Waals surface area contributed by atoms with Crippen LogP contribution in [-0.2, 0) is 4.74 Å². The summed E-state index contributed by atoms with van der Waals surface area (Å²) in [5.74, 6) is 0.247. The molecule has 0 bridgehead atoms. The van der Waals surface area contributed by atoms with Crippen LogP contribution < -0.4 is 5.73 Å². The molecular formula is C14H19ClN4O2. The molecule has 0 radical (unpaired) electrons. The molecule has 0 spiro atoms. The smallest absolute Gasteiger partial charge is 0.255 e. The summed E-state index contributed by atoms with van der Waals surface area (Å²) in [5, 5.41) is 0.351. The molecule has 0 saturated carbocycles. The Morgan fingerprint density at radius 2 is 2.14 bits per heavy atom. The van der Waals surface area contributed by atoms with Gasteiger partial charge in [-0.05, 0) is 12.5 Å². The number of halogens is 1. The number of aromatic nitrogens is 1. The number of likely N-dealkylation sites (tertiary alicyclic amines) is 1. The van der Waals surface area contributed by atoms with Crippen molar-refractivity contribution in [2.24, 2.45) is 0 Å². The van der Waals surface area contributed by atoms with Gasteiger partial charge in [-0.15, -0.1) is 0 Å². The van der Waals surface area contributed by atoms with Crippen molar-refractivity contribution in [3.05, 3.63) is 22.8 Å². The fraction of sp³-hybridized carbons (Fsp3) is 0.571. The average molecular weight is 311 g/mol. The summed E-state index contributed by atoms with van der Waals surface area (Å²) in [5.41, 5.74) is 6.08. The highest BCUT2D eigenvalue weighted by Crippen LogP contribution is 2.23. The third-order valence-electron chi connectivity index (χ3n) is 4.12. The third-order valence-corrected chi connectivity index (χ3v) is 4.42. The Morgan fingerprint density at radius 3 is 2.90 bits per heavy atom. The van der Waals surface area contributed by atoms with E-state index in [0.29, 0.717) is 22.4 Å². The first-order chi connectivity index (χ1) is 10.1. The molecule has 2 saturated heterocycles. The monoisotopic (exact) mass is 310 g/mol. The van der Waals surface area contributed by atoms with Crippen molar-refractivity contribution >= 4 is 23.3 Å². The van der Waals surface area contributed by atoms with Gasteiger partial charge in [-0.2, -0.15) is 0 Å². The van der Waals surface area contributed by atoms with E-state index >= 15 is 0 Å². The molecule has 2 aliphatic heterocycles. The molecule has 114 valence electrons. The van der Waals surface area contributed by atoms with Crippen LogP contribution >= 0.6 is 11.6 Å². The number of morpholine rings is 1. The lowest BCUT2D eigenvalue weighted by Gasteiger charge is -2.32. The van der Waals surface area contributed by atoms with Crippen LogP contribution in [0.1, 0.15) is 16.8 Å². The molecular weight excluding hydrogens is 292 g/mol. The summed E-state index contributed by atoms with van der Waals surface area (Å²) < 4.78 is 5.37. The van der Waals surface area contributed by atoms with E-state index in [0.717, 1.165) is 45.8 Å². The van der Waals surface area contributed by atoms with Crippen molar-refractivity contribution in [3.8, 4) is 0 Å². The van der Waals surface area contributed by atoms with Gasteiger partial charge in [0.25, 0.3) is 5.91 Å². The first-order valence-corrected chi connectivity index (χ1v) is 7.55. The minimum Gasteiger partial charge on any atom is -0.384 e. The first kappa shape index (κ1) is 14.6. The van der Waals surface area contributed by atoms with Crippen LogP contribution in [0.25, 0.3) is 0 Å². The van der Waals surface area contributed by atoms with Crippen molar-refractivity contribution in [2.75, 3.05) is 45.1 Å². The molecule has 1 atom stereocenters. The van der Waals surface area contributed by atoms with E-state index in [4.69, 9.17) is 22.1 Å². The Morgan fingerprint density at radius 1 is 1.38 bits per heavy atom. The summed E-state index contributed by atoms with van der Waals surface area (Å²) in [7, 11) is 0. The van der Waals surface area contributed by atoms with Crippen LogP contribution in [0.4, 0.5) is 5.82 Å². The number of pyridine rings is 1. The number of nitrogen functional groups attached to an aromatic ring is 1. The molecule has 21 heavy (non-hydrogen) atoms. The molecule has 1 aromatic heterocycles. The number of amides is 1. The van der Waals surface area contributed by atoms with Gasteiger partial charge in [-0.25, -0.2) is 4.98 Å². The first-order valence-electron chi connectivity index (χ1n) is 7.17. The fourth-order valence-electron chi connectivity index (χ4n) is 2.96. The van der Waals surface area contributed by atoms with Crippen LogP contribution in [0.5, 0.6) is 0 Å². The van der Waals surface area contributed by atoms with E-state index in [2.05, 4.69) is 9.88 Å². The fourth-order valence-corrected chi connectivity index (χ4v) is 3.14. The van der Waals surface area contributed by atoms with Gasteiger partial charge >= 0.3 is 0 Å². The molecule has 0 aliphatic carbocycles. The number of nitrogens with two attached hydrogens (primary N) is 1. The summed E-state index contributed by atoms with van der Waals surface area (Å²) in [6, 6.07) is 1.96. The number of hydrogen-bond acceptors (Lipinski definition) is 5. The van der Waals surface area contributed by atoms with E-state index in [1.165, 1.54) is 6.20 Å². The Bertz CT molecular complexity index is 534. The van der Waals surface area contributed by atoms with Crippen LogP contribution in [0.15, 0.2) is 12.3 Å². The highest BCUT2D eigenvalue weighted by atomic mass is 35.5. The Kier molecular flexibility index (Phi) is 4.28. The zero-order valence-corrected chi connectivity index (χ0v) is 12.6. The summed E-state index contributed by atoms with van der Waals surface area (Å²) in [6.07, 6.45) is 2.42. The van der Waals surface area contributed by atoms with E-state index in [9.17, 15) is 4.79 Å². The van der Waals surface area contributed by atoms with Crippen LogP contribution in [0.3, 0.4) is 0 Å². The van der Waals surface area contributed by atoms with Gasteiger partial charge in [-0.1, -0.05) is 11.6 Å². The zero-order valence-electron chi connectivity index (χ0n) is 11.8. The number of rotatable bonds is 2. The molecule has 2 N–H and O–H groups in total. The molecule has 1 aromatic rings. The van der Waals surface area contributed by atoms with Crippen molar-refractivity contribution < 1.29 is 9.53 Å². The predicted octanol–water partition coefficient (Wildman–Crippen LogP) is 0.864. The number of anilines is 1. The lowest BCUT2D eigenvalue weighted by Crippen LogP contribution is -2.45. The van der Waals surface area contributed by atoms with Gasteiger partial charge < -0.3 is 15.4 Å². The van der Waals surface area contributed by atoms with E-state index in [-0.39, 0.29) is 5.91 Å². The van der Waals surface area contributed by atoms with Crippen LogP contribution in [0.2, 0.25) is 5.02 Å². The number of carbonyl (C=O) groups excluding carboxylic acids is 1. The zero-order chi connectivity index (χ0) is 14.8. The van der Waals surface area contributed by atoms with Crippen molar-refractivity contribution in [1.29, 1.82) is 0 Å².